The van der Waals surface area contributed by atoms with Crippen LogP contribution in [-0.2, 0) is 0 Å². The molecule has 0 N–H and O–H groups in total. The van der Waals surface area contributed by atoms with Crippen LogP contribution < -0.4 is 0 Å². The van der Waals surface area contributed by atoms with E-state index in [1.54, 1.807) is 10.7 Å². The van der Waals surface area contributed by atoms with Gasteiger partial charge >= 0.3 is 0 Å². The first-order valence-electron chi connectivity index (χ1n) is 4.96. The minimum Gasteiger partial charge on any atom is -0.218 e. The summed E-state index contributed by atoms with van der Waals surface area (Å²) in [5.41, 5.74) is 3.02. The summed E-state index contributed by atoms with van der Waals surface area (Å²) in [4.78, 5) is 4.16. The molecule has 2 rings (SSSR count). The van der Waals surface area contributed by atoms with Crippen LogP contribution in [0.1, 0.15) is 17.0 Å². The van der Waals surface area contributed by atoms with Crippen molar-refractivity contribution in [3.05, 3.63) is 38.2 Å². The Hall–Kier alpha value is -0.770. The van der Waals surface area contributed by atoms with Crippen LogP contribution in [0.25, 0.3) is 5.82 Å². The first-order chi connectivity index (χ1) is 7.91. The van der Waals surface area contributed by atoms with Crippen LogP contribution in [0.4, 0.5) is 0 Å². The summed E-state index contributed by atoms with van der Waals surface area (Å²) in [6, 6.07) is 1.57. The van der Waals surface area contributed by atoms with Gasteiger partial charge < -0.3 is 0 Å². The number of aryl methyl sites for hydroxylation is 1. The Morgan fingerprint density at radius 1 is 1.06 bits per heavy atom. The van der Waals surface area contributed by atoms with E-state index in [0.717, 1.165) is 17.0 Å². The molecule has 0 aliphatic heterocycles. The van der Waals surface area contributed by atoms with Gasteiger partial charge in [-0.25, -0.2) is 9.67 Å². The Morgan fingerprint density at radius 2 is 1.71 bits per heavy atom. The highest BCUT2D eigenvalue weighted by Crippen LogP contribution is 2.29. The Labute approximate surface area is 114 Å². The van der Waals surface area contributed by atoms with Crippen LogP contribution in [0.2, 0.25) is 15.2 Å². The Morgan fingerprint density at radius 3 is 2.24 bits per heavy atom. The topological polar surface area (TPSA) is 30.7 Å². The van der Waals surface area contributed by atoms with Crippen LogP contribution in [0, 0.1) is 20.8 Å². The van der Waals surface area contributed by atoms with Crippen molar-refractivity contribution in [1.29, 1.82) is 0 Å². The smallest absolute Gasteiger partial charge is 0.174 e. The zero-order valence-electron chi connectivity index (χ0n) is 9.55. The van der Waals surface area contributed by atoms with Gasteiger partial charge in [-0.3, -0.25) is 0 Å². The van der Waals surface area contributed by atoms with E-state index in [-0.39, 0.29) is 5.15 Å². The highest BCUT2D eigenvalue weighted by Gasteiger charge is 2.15. The van der Waals surface area contributed by atoms with Crippen molar-refractivity contribution in [1.82, 2.24) is 14.8 Å². The lowest BCUT2D eigenvalue weighted by Crippen LogP contribution is -2.03. The van der Waals surface area contributed by atoms with E-state index in [1.165, 1.54) is 0 Å². The van der Waals surface area contributed by atoms with Crippen molar-refractivity contribution >= 4 is 34.8 Å². The maximum Gasteiger partial charge on any atom is 0.174 e. The van der Waals surface area contributed by atoms with E-state index in [2.05, 4.69) is 10.1 Å². The van der Waals surface area contributed by atoms with Crippen LogP contribution in [-0.4, -0.2) is 14.8 Å². The largest absolute Gasteiger partial charge is 0.218 e. The van der Waals surface area contributed by atoms with Crippen LogP contribution in [0.5, 0.6) is 0 Å². The molecule has 2 aromatic rings. The van der Waals surface area contributed by atoms with Crippen molar-refractivity contribution < 1.29 is 0 Å². The molecule has 17 heavy (non-hydrogen) atoms. The predicted molar refractivity (Wildman–Crippen MR) is 70.6 cm³/mol. The lowest BCUT2D eigenvalue weighted by Gasteiger charge is -2.07. The summed E-state index contributed by atoms with van der Waals surface area (Å²) in [5.74, 6) is 0.495. The van der Waals surface area contributed by atoms with Gasteiger partial charge in [-0.05, 0) is 32.4 Å². The van der Waals surface area contributed by atoms with Gasteiger partial charge in [0, 0.05) is 5.69 Å². The molecule has 90 valence electrons. The van der Waals surface area contributed by atoms with Gasteiger partial charge in [0.05, 0.1) is 15.7 Å². The second-order valence-electron chi connectivity index (χ2n) is 3.77. The van der Waals surface area contributed by atoms with Gasteiger partial charge in [0.1, 0.15) is 5.15 Å². The molecule has 0 radical (unpaired) electrons. The maximum absolute atomic E-state index is 6.10. The van der Waals surface area contributed by atoms with E-state index in [1.807, 2.05) is 20.8 Å². The van der Waals surface area contributed by atoms with Crippen molar-refractivity contribution in [2.75, 3.05) is 0 Å². The fourth-order valence-electron chi connectivity index (χ4n) is 1.51. The molecule has 0 bridgehead atoms. The number of hydrogen-bond donors (Lipinski definition) is 0. The second kappa shape index (κ2) is 4.48. The van der Waals surface area contributed by atoms with Gasteiger partial charge in [0.15, 0.2) is 5.82 Å². The zero-order chi connectivity index (χ0) is 12.7. The molecule has 0 atom stereocenters. The van der Waals surface area contributed by atoms with Gasteiger partial charge in [-0.1, -0.05) is 34.8 Å². The van der Waals surface area contributed by atoms with Gasteiger partial charge in [-0.15, -0.1) is 0 Å². The molecule has 0 amide bonds. The van der Waals surface area contributed by atoms with E-state index in [9.17, 15) is 0 Å². The summed E-state index contributed by atoms with van der Waals surface area (Å²) >= 11 is 17.8. The van der Waals surface area contributed by atoms with Crippen molar-refractivity contribution in [2.45, 2.75) is 20.8 Å². The van der Waals surface area contributed by atoms with E-state index in [4.69, 9.17) is 34.8 Å². The van der Waals surface area contributed by atoms with Crippen LogP contribution in [0.3, 0.4) is 0 Å². The lowest BCUT2D eigenvalue weighted by molar-refractivity contribution is 0.806. The highest BCUT2D eigenvalue weighted by atomic mass is 35.5. The summed E-state index contributed by atoms with van der Waals surface area (Å²) in [7, 11) is 0. The van der Waals surface area contributed by atoms with E-state index in [0.29, 0.717) is 15.9 Å². The van der Waals surface area contributed by atoms with E-state index >= 15 is 0 Å². The molecule has 0 aliphatic rings. The molecule has 0 saturated heterocycles. The van der Waals surface area contributed by atoms with E-state index < -0.39 is 0 Å². The third-order valence-corrected chi connectivity index (χ3v) is 3.67. The monoisotopic (exact) mass is 289 g/mol. The first-order valence-corrected chi connectivity index (χ1v) is 6.10. The maximum atomic E-state index is 6.10. The molecule has 0 aliphatic carbocycles. The first kappa shape index (κ1) is 12.7. The second-order valence-corrected chi connectivity index (χ2v) is 4.95. The average Bonchev–Trinajstić information content (AvgIpc) is 2.51. The fourth-order valence-corrected chi connectivity index (χ4v) is 2.08. The number of nitrogens with zero attached hydrogens (tertiary/aromatic N) is 3. The Balaban J connectivity index is 2.68. The number of aromatic nitrogens is 3. The SMILES string of the molecule is Cc1nn(-c2nc(Cl)c(Cl)cc2Cl)c(C)c1C. The normalized spacial score (nSPS) is 10.9. The highest BCUT2D eigenvalue weighted by molar-refractivity contribution is 6.42. The number of pyridine rings is 1. The molecule has 2 heterocycles. The summed E-state index contributed by atoms with van der Waals surface area (Å²) in [6.07, 6.45) is 0. The molecule has 0 saturated carbocycles. The average molecular weight is 291 g/mol. The predicted octanol–water partition coefficient (Wildman–Crippen LogP) is 4.15. The number of halogens is 3. The molecule has 6 heteroatoms. The molecule has 0 fully saturated rings. The lowest BCUT2D eigenvalue weighted by atomic mass is 10.2. The minimum absolute atomic E-state index is 0.219. The number of hydrogen-bond acceptors (Lipinski definition) is 2. The van der Waals surface area contributed by atoms with Crippen LogP contribution in [0.15, 0.2) is 6.07 Å². The third-order valence-electron chi connectivity index (χ3n) is 2.72. The molecule has 3 nitrogen and oxygen atoms in total. The fraction of sp³-hybridized carbons (Fsp3) is 0.273. The molecular formula is C11H10Cl3N3. The van der Waals surface area contributed by atoms with Gasteiger partial charge in [0.25, 0.3) is 0 Å². The summed E-state index contributed by atoms with van der Waals surface area (Å²) in [6.45, 7) is 5.89. The summed E-state index contributed by atoms with van der Waals surface area (Å²) < 4.78 is 1.68. The zero-order valence-corrected chi connectivity index (χ0v) is 11.8. The molecule has 2 aromatic heterocycles. The Kier molecular flexibility index (Phi) is 3.34. The molecule has 0 aromatic carbocycles. The van der Waals surface area contributed by atoms with Gasteiger partial charge in [-0.2, -0.15) is 5.10 Å². The minimum atomic E-state index is 0.219. The molecule has 0 unspecified atom stereocenters. The summed E-state index contributed by atoms with van der Waals surface area (Å²) in [5, 5.41) is 5.35. The van der Waals surface area contributed by atoms with Crippen LogP contribution >= 0.6 is 34.8 Å². The molecular weight excluding hydrogens is 281 g/mol. The van der Waals surface area contributed by atoms with Crippen molar-refractivity contribution in [3.63, 3.8) is 0 Å². The third kappa shape index (κ3) is 2.15. The quantitative estimate of drug-likeness (QED) is 0.739. The van der Waals surface area contributed by atoms with Crippen molar-refractivity contribution in [3.8, 4) is 5.82 Å². The van der Waals surface area contributed by atoms with Crippen molar-refractivity contribution in [2.24, 2.45) is 0 Å². The van der Waals surface area contributed by atoms with Gasteiger partial charge in [0.2, 0.25) is 0 Å². The number of rotatable bonds is 1. The Bertz CT molecular complexity index is 590. The standard InChI is InChI=1S/C11H10Cl3N3/c1-5-6(2)16-17(7(5)3)11-9(13)4-8(12)10(14)15-11/h4H,1-3H3. The molecule has 0 spiro atoms.